The predicted octanol–water partition coefficient (Wildman–Crippen LogP) is 5.16. The fraction of sp³-hybridized carbons (Fsp3) is 0.105. The lowest BCUT2D eigenvalue weighted by atomic mass is 10.1. The second-order valence-corrected chi connectivity index (χ2v) is 5.88. The van der Waals surface area contributed by atoms with Crippen LogP contribution in [0.15, 0.2) is 66.7 Å². The lowest BCUT2D eigenvalue weighted by Crippen LogP contribution is -2.30. The molecule has 4 heteroatoms. The summed E-state index contributed by atoms with van der Waals surface area (Å²) in [4.78, 5) is 14.1. The van der Waals surface area contributed by atoms with E-state index in [1.165, 1.54) is 0 Å². The zero-order valence-electron chi connectivity index (χ0n) is 12.8. The van der Waals surface area contributed by atoms with Crippen LogP contribution in [0.5, 0.6) is 0 Å². The number of carbonyl (C=O) groups excluding carboxylic acids is 1. The van der Waals surface area contributed by atoms with Crippen LogP contribution in [-0.2, 0) is 6.54 Å². The zero-order valence-corrected chi connectivity index (χ0v) is 13.5. The molecule has 0 aromatic heterocycles. The first-order chi connectivity index (χ1) is 11.1. The van der Waals surface area contributed by atoms with Crippen LogP contribution in [-0.4, -0.2) is 18.0 Å². The molecular formula is C19H17ClN2O. The van der Waals surface area contributed by atoms with Crippen LogP contribution in [0.4, 0.5) is 10.5 Å². The monoisotopic (exact) mass is 324 g/mol. The lowest BCUT2D eigenvalue weighted by molar-refractivity contribution is 0.220. The van der Waals surface area contributed by atoms with E-state index >= 15 is 0 Å². The van der Waals surface area contributed by atoms with Crippen molar-refractivity contribution in [1.82, 2.24) is 4.90 Å². The molecule has 3 aromatic rings. The van der Waals surface area contributed by atoms with Gasteiger partial charge in [-0.15, -0.1) is 0 Å². The Morgan fingerprint density at radius 1 is 1.00 bits per heavy atom. The number of amides is 2. The van der Waals surface area contributed by atoms with Gasteiger partial charge >= 0.3 is 6.03 Å². The summed E-state index contributed by atoms with van der Waals surface area (Å²) >= 11 is 5.88. The van der Waals surface area contributed by atoms with Crippen molar-refractivity contribution in [1.29, 1.82) is 0 Å². The van der Waals surface area contributed by atoms with Crippen LogP contribution >= 0.6 is 11.6 Å². The number of halogens is 1. The average Bonchev–Trinajstić information content (AvgIpc) is 2.57. The molecule has 0 aliphatic rings. The molecule has 116 valence electrons. The van der Waals surface area contributed by atoms with Gasteiger partial charge in [0.15, 0.2) is 0 Å². The maximum Gasteiger partial charge on any atom is 0.321 e. The third-order valence-electron chi connectivity index (χ3n) is 3.71. The molecule has 3 rings (SSSR count). The van der Waals surface area contributed by atoms with Crippen LogP contribution in [0.2, 0.25) is 5.02 Å². The van der Waals surface area contributed by atoms with Gasteiger partial charge in [-0.3, -0.25) is 0 Å². The van der Waals surface area contributed by atoms with Crippen molar-refractivity contribution in [2.24, 2.45) is 0 Å². The summed E-state index contributed by atoms with van der Waals surface area (Å²) in [7, 11) is 1.77. The molecule has 0 aliphatic carbocycles. The van der Waals surface area contributed by atoms with Gasteiger partial charge in [0.2, 0.25) is 0 Å². The maximum absolute atomic E-state index is 12.4. The third-order valence-corrected chi connectivity index (χ3v) is 3.96. The van der Waals surface area contributed by atoms with E-state index in [0.29, 0.717) is 11.6 Å². The summed E-state index contributed by atoms with van der Waals surface area (Å²) in [5, 5.41) is 5.80. The minimum absolute atomic E-state index is 0.142. The van der Waals surface area contributed by atoms with Crippen molar-refractivity contribution in [3.63, 3.8) is 0 Å². The van der Waals surface area contributed by atoms with E-state index in [0.717, 1.165) is 22.0 Å². The Morgan fingerprint density at radius 2 is 1.70 bits per heavy atom. The second-order valence-electron chi connectivity index (χ2n) is 5.44. The summed E-state index contributed by atoms with van der Waals surface area (Å²) in [6.45, 7) is 0.522. The first kappa shape index (κ1) is 15.4. The van der Waals surface area contributed by atoms with Gasteiger partial charge in [0.25, 0.3) is 0 Å². The van der Waals surface area contributed by atoms with Crippen molar-refractivity contribution >= 4 is 34.1 Å². The number of nitrogens with one attached hydrogen (secondary N) is 1. The van der Waals surface area contributed by atoms with E-state index in [1.54, 1.807) is 11.9 Å². The maximum atomic E-state index is 12.4. The van der Waals surface area contributed by atoms with Crippen LogP contribution in [0.3, 0.4) is 0 Å². The molecule has 0 saturated carbocycles. The highest BCUT2D eigenvalue weighted by atomic mass is 35.5. The molecular weight excluding hydrogens is 308 g/mol. The fourth-order valence-electron chi connectivity index (χ4n) is 2.48. The highest BCUT2D eigenvalue weighted by molar-refractivity contribution is 6.30. The number of nitrogens with zero attached hydrogens (tertiary/aromatic N) is 1. The molecule has 2 amide bonds. The number of rotatable bonds is 3. The van der Waals surface area contributed by atoms with Gasteiger partial charge in [0.1, 0.15) is 0 Å². The molecule has 0 atom stereocenters. The van der Waals surface area contributed by atoms with Gasteiger partial charge in [-0.1, -0.05) is 60.1 Å². The van der Waals surface area contributed by atoms with Crippen LogP contribution in [0.25, 0.3) is 10.8 Å². The molecule has 0 unspecified atom stereocenters. The summed E-state index contributed by atoms with van der Waals surface area (Å²) in [6.07, 6.45) is 0. The Morgan fingerprint density at radius 3 is 2.48 bits per heavy atom. The molecule has 0 radical (unpaired) electrons. The molecule has 3 aromatic carbocycles. The van der Waals surface area contributed by atoms with E-state index in [1.807, 2.05) is 66.7 Å². The van der Waals surface area contributed by atoms with E-state index in [2.05, 4.69) is 5.32 Å². The van der Waals surface area contributed by atoms with Crippen molar-refractivity contribution in [3.8, 4) is 0 Å². The summed E-state index contributed by atoms with van der Waals surface area (Å²) < 4.78 is 0. The van der Waals surface area contributed by atoms with Gasteiger partial charge in [-0.05, 0) is 29.1 Å². The Balaban J connectivity index is 1.74. The van der Waals surface area contributed by atoms with Gasteiger partial charge in [0.05, 0.1) is 5.69 Å². The molecule has 3 nitrogen and oxygen atoms in total. The van der Waals surface area contributed by atoms with Crippen molar-refractivity contribution in [2.45, 2.75) is 6.54 Å². The molecule has 1 N–H and O–H groups in total. The van der Waals surface area contributed by atoms with Gasteiger partial charge < -0.3 is 10.2 Å². The molecule has 0 heterocycles. The van der Waals surface area contributed by atoms with E-state index < -0.39 is 0 Å². The minimum atomic E-state index is -0.142. The zero-order chi connectivity index (χ0) is 16.2. The quantitative estimate of drug-likeness (QED) is 0.709. The van der Waals surface area contributed by atoms with Crippen molar-refractivity contribution in [2.75, 3.05) is 12.4 Å². The third kappa shape index (κ3) is 3.63. The first-order valence-electron chi connectivity index (χ1n) is 7.38. The highest BCUT2D eigenvalue weighted by Crippen LogP contribution is 2.23. The Hall–Kier alpha value is -2.52. The Labute approximate surface area is 140 Å². The second kappa shape index (κ2) is 6.71. The number of anilines is 1. The summed E-state index contributed by atoms with van der Waals surface area (Å²) in [5.41, 5.74) is 1.85. The minimum Gasteiger partial charge on any atom is -0.323 e. The van der Waals surface area contributed by atoms with Crippen molar-refractivity contribution in [3.05, 3.63) is 77.3 Å². The summed E-state index contributed by atoms with van der Waals surface area (Å²) in [5.74, 6) is 0. The van der Waals surface area contributed by atoms with Crippen LogP contribution < -0.4 is 5.32 Å². The molecule has 23 heavy (non-hydrogen) atoms. The Bertz CT molecular complexity index is 825. The largest absolute Gasteiger partial charge is 0.323 e. The number of hydrogen-bond acceptors (Lipinski definition) is 1. The van der Waals surface area contributed by atoms with Gasteiger partial charge in [-0.25, -0.2) is 4.79 Å². The van der Waals surface area contributed by atoms with Crippen LogP contribution in [0, 0.1) is 0 Å². The standard InChI is InChI=1S/C19H17ClN2O/c1-22(13-14-9-11-16(20)12-10-14)19(23)21-18-8-4-6-15-5-2-3-7-17(15)18/h2-12H,13H2,1H3,(H,21,23). The van der Waals surface area contributed by atoms with Crippen molar-refractivity contribution < 1.29 is 4.79 Å². The van der Waals surface area contributed by atoms with Gasteiger partial charge in [-0.2, -0.15) is 0 Å². The molecule has 0 spiro atoms. The highest BCUT2D eigenvalue weighted by Gasteiger charge is 2.11. The lowest BCUT2D eigenvalue weighted by Gasteiger charge is -2.19. The molecule has 0 fully saturated rings. The van der Waals surface area contributed by atoms with E-state index in [4.69, 9.17) is 11.6 Å². The SMILES string of the molecule is CN(Cc1ccc(Cl)cc1)C(=O)Nc1cccc2ccccc12. The van der Waals surface area contributed by atoms with Crippen LogP contribution in [0.1, 0.15) is 5.56 Å². The number of benzene rings is 3. The number of carbonyl (C=O) groups is 1. The predicted molar refractivity (Wildman–Crippen MR) is 95.9 cm³/mol. The molecule has 0 bridgehead atoms. The Kier molecular flexibility index (Phi) is 4.49. The average molecular weight is 325 g/mol. The molecule has 0 aliphatic heterocycles. The topological polar surface area (TPSA) is 32.3 Å². The van der Waals surface area contributed by atoms with E-state index in [-0.39, 0.29) is 6.03 Å². The number of fused-ring (bicyclic) bond motifs is 1. The van der Waals surface area contributed by atoms with E-state index in [9.17, 15) is 4.79 Å². The molecule has 0 saturated heterocycles. The first-order valence-corrected chi connectivity index (χ1v) is 7.75. The smallest absolute Gasteiger partial charge is 0.321 e. The summed E-state index contributed by atoms with van der Waals surface area (Å²) in [6, 6.07) is 21.2. The number of urea groups is 1. The number of hydrogen-bond donors (Lipinski definition) is 1. The fourth-order valence-corrected chi connectivity index (χ4v) is 2.61. The normalized spacial score (nSPS) is 10.5. The van der Waals surface area contributed by atoms with Gasteiger partial charge in [0, 0.05) is 24.0 Å².